The summed E-state index contributed by atoms with van der Waals surface area (Å²) in [5.74, 6) is 0.275. The summed E-state index contributed by atoms with van der Waals surface area (Å²) in [5, 5.41) is 2.96. The maximum absolute atomic E-state index is 13.0. The minimum absolute atomic E-state index is 0.0159. The topological polar surface area (TPSA) is 79.0 Å². The number of nitrogens with zero attached hydrogens (tertiary/aromatic N) is 2. The molecule has 7 nitrogen and oxygen atoms in total. The van der Waals surface area contributed by atoms with Crippen LogP contribution in [0, 0.1) is 5.92 Å². The predicted octanol–water partition coefficient (Wildman–Crippen LogP) is 2.15. The first-order chi connectivity index (χ1) is 12.4. The van der Waals surface area contributed by atoms with E-state index in [0.29, 0.717) is 51.4 Å². The summed E-state index contributed by atoms with van der Waals surface area (Å²) in [6.07, 6.45) is 2.82. The van der Waals surface area contributed by atoms with Crippen LogP contribution < -0.4 is 5.32 Å². The van der Waals surface area contributed by atoms with Crippen LogP contribution in [0.5, 0.6) is 0 Å². The van der Waals surface area contributed by atoms with Gasteiger partial charge in [-0.05, 0) is 38.0 Å². The molecule has 1 spiro atoms. The van der Waals surface area contributed by atoms with E-state index in [-0.39, 0.29) is 17.9 Å². The van der Waals surface area contributed by atoms with Crippen molar-refractivity contribution in [2.45, 2.75) is 71.4 Å². The lowest BCUT2D eigenvalue weighted by molar-refractivity contribution is -0.161. The van der Waals surface area contributed by atoms with Gasteiger partial charge in [0, 0.05) is 19.6 Å². The van der Waals surface area contributed by atoms with Gasteiger partial charge in [0.2, 0.25) is 11.8 Å². The third-order valence-electron chi connectivity index (χ3n) is 5.24. The molecule has 2 saturated heterocycles. The van der Waals surface area contributed by atoms with Crippen LogP contribution in [0.4, 0.5) is 4.79 Å². The lowest BCUT2D eigenvalue weighted by atomic mass is 9.81. The van der Waals surface area contributed by atoms with E-state index in [9.17, 15) is 14.4 Å². The van der Waals surface area contributed by atoms with Gasteiger partial charge in [-0.2, -0.15) is 0 Å². The van der Waals surface area contributed by atoms with Crippen LogP contribution >= 0.6 is 0 Å². The van der Waals surface area contributed by atoms with E-state index in [1.807, 2.05) is 27.7 Å². The van der Waals surface area contributed by atoms with E-state index in [4.69, 9.17) is 4.74 Å². The molecule has 26 heavy (non-hydrogen) atoms. The molecule has 0 radical (unpaired) electrons. The monoisotopic (exact) mass is 367 g/mol. The Morgan fingerprint density at radius 1 is 1.23 bits per heavy atom. The second kappa shape index (κ2) is 8.73. The van der Waals surface area contributed by atoms with Crippen molar-refractivity contribution in [1.82, 2.24) is 15.1 Å². The zero-order chi connectivity index (χ0) is 19.3. The van der Waals surface area contributed by atoms with E-state index in [1.54, 1.807) is 9.80 Å². The molecule has 0 aromatic carbocycles. The van der Waals surface area contributed by atoms with Gasteiger partial charge in [-0.25, -0.2) is 4.79 Å². The van der Waals surface area contributed by atoms with Gasteiger partial charge in [-0.3, -0.25) is 9.59 Å². The third kappa shape index (κ3) is 4.13. The standard InChI is InChI=1S/C19H33N3O4/c1-5-9-22-16(23)15(13-14(3)4)20-17(24)19(22)7-10-21(11-8-19)18(25)26-12-6-2/h14-15H,5-13H2,1-4H3,(H,20,24). The van der Waals surface area contributed by atoms with Crippen molar-refractivity contribution in [3.8, 4) is 0 Å². The molecule has 0 saturated carbocycles. The summed E-state index contributed by atoms with van der Waals surface area (Å²) in [5.41, 5.74) is -0.831. The van der Waals surface area contributed by atoms with Gasteiger partial charge >= 0.3 is 6.09 Å². The molecule has 2 aliphatic rings. The largest absolute Gasteiger partial charge is 0.449 e. The van der Waals surface area contributed by atoms with Gasteiger partial charge < -0.3 is 19.9 Å². The Hall–Kier alpha value is -1.79. The molecule has 0 bridgehead atoms. The number of nitrogens with one attached hydrogen (secondary N) is 1. The Morgan fingerprint density at radius 2 is 1.88 bits per heavy atom. The van der Waals surface area contributed by atoms with E-state index >= 15 is 0 Å². The summed E-state index contributed by atoms with van der Waals surface area (Å²) < 4.78 is 5.20. The molecule has 1 atom stereocenters. The highest BCUT2D eigenvalue weighted by molar-refractivity contribution is 6.00. The van der Waals surface area contributed by atoms with E-state index in [0.717, 1.165) is 12.8 Å². The van der Waals surface area contributed by atoms with Crippen molar-refractivity contribution in [2.75, 3.05) is 26.2 Å². The number of piperidine rings is 1. The van der Waals surface area contributed by atoms with Crippen LogP contribution in [0.2, 0.25) is 0 Å². The summed E-state index contributed by atoms with van der Waals surface area (Å²) in [4.78, 5) is 41.5. The van der Waals surface area contributed by atoms with Gasteiger partial charge in [0.05, 0.1) is 6.61 Å². The molecule has 1 N–H and O–H groups in total. The quantitative estimate of drug-likeness (QED) is 0.780. The Morgan fingerprint density at radius 3 is 2.42 bits per heavy atom. The van der Waals surface area contributed by atoms with Gasteiger partial charge in [-0.1, -0.05) is 27.7 Å². The maximum atomic E-state index is 13.0. The Bertz CT molecular complexity index is 527. The molecule has 2 rings (SSSR count). The first-order valence-corrected chi connectivity index (χ1v) is 9.89. The summed E-state index contributed by atoms with van der Waals surface area (Å²) in [7, 11) is 0. The number of rotatable bonds is 6. The fourth-order valence-corrected chi connectivity index (χ4v) is 3.89. The second-order valence-corrected chi connectivity index (χ2v) is 7.78. The van der Waals surface area contributed by atoms with E-state index in [2.05, 4.69) is 5.32 Å². The fraction of sp³-hybridized carbons (Fsp3) is 0.842. The van der Waals surface area contributed by atoms with Gasteiger partial charge in [0.25, 0.3) is 0 Å². The summed E-state index contributed by atoms with van der Waals surface area (Å²) >= 11 is 0. The van der Waals surface area contributed by atoms with E-state index < -0.39 is 11.6 Å². The minimum Gasteiger partial charge on any atom is -0.449 e. The Kier molecular flexibility index (Phi) is 6.89. The highest BCUT2D eigenvalue weighted by Crippen LogP contribution is 2.34. The van der Waals surface area contributed by atoms with Gasteiger partial charge in [0.1, 0.15) is 11.6 Å². The third-order valence-corrected chi connectivity index (χ3v) is 5.24. The Balaban J connectivity index is 2.13. The van der Waals surface area contributed by atoms with Crippen LogP contribution in [0.3, 0.4) is 0 Å². The zero-order valence-corrected chi connectivity index (χ0v) is 16.5. The Labute approximate surface area is 156 Å². The highest BCUT2D eigenvalue weighted by Gasteiger charge is 2.53. The first kappa shape index (κ1) is 20.5. The van der Waals surface area contributed by atoms with Gasteiger partial charge in [0.15, 0.2) is 0 Å². The molecule has 0 aromatic rings. The number of carbonyl (C=O) groups excluding carboxylic acids is 3. The SMILES string of the molecule is CCCOC(=O)N1CCC2(CC1)C(=O)NC(CC(C)C)C(=O)N2CCC. The van der Waals surface area contributed by atoms with Gasteiger partial charge in [-0.15, -0.1) is 0 Å². The molecule has 1 unspecified atom stereocenters. The average Bonchev–Trinajstić information content (AvgIpc) is 2.61. The van der Waals surface area contributed by atoms with Crippen LogP contribution in [0.15, 0.2) is 0 Å². The summed E-state index contributed by atoms with van der Waals surface area (Å²) in [6, 6.07) is -0.438. The summed E-state index contributed by atoms with van der Waals surface area (Å²) in [6.45, 7) is 9.90. The number of ether oxygens (including phenoxy) is 1. The van der Waals surface area contributed by atoms with Crippen molar-refractivity contribution in [1.29, 1.82) is 0 Å². The van der Waals surface area contributed by atoms with Crippen LogP contribution in [0.25, 0.3) is 0 Å². The normalized spacial score (nSPS) is 22.7. The molecule has 148 valence electrons. The molecule has 2 aliphatic heterocycles. The fourth-order valence-electron chi connectivity index (χ4n) is 3.89. The number of hydrogen-bond donors (Lipinski definition) is 1. The first-order valence-electron chi connectivity index (χ1n) is 9.89. The van der Waals surface area contributed by atoms with Crippen LogP contribution in [0.1, 0.15) is 59.8 Å². The smallest absolute Gasteiger partial charge is 0.409 e. The van der Waals surface area contributed by atoms with Crippen molar-refractivity contribution >= 4 is 17.9 Å². The van der Waals surface area contributed by atoms with Crippen LogP contribution in [-0.2, 0) is 14.3 Å². The number of hydrogen-bond acceptors (Lipinski definition) is 4. The van der Waals surface area contributed by atoms with Crippen molar-refractivity contribution in [3.63, 3.8) is 0 Å². The van der Waals surface area contributed by atoms with Crippen molar-refractivity contribution < 1.29 is 19.1 Å². The maximum Gasteiger partial charge on any atom is 0.409 e. The average molecular weight is 367 g/mol. The number of carbonyl (C=O) groups is 3. The molecular formula is C19H33N3O4. The van der Waals surface area contributed by atoms with E-state index in [1.165, 1.54) is 0 Å². The lowest BCUT2D eigenvalue weighted by Crippen LogP contribution is -2.73. The zero-order valence-electron chi connectivity index (χ0n) is 16.5. The molecule has 2 fully saturated rings. The van der Waals surface area contributed by atoms with Crippen molar-refractivity contribution in [3.05, 3.63) is 0 Å². The molecule has 7 heteroatoms. The molecule has 0 aliphatic carbocycles. The molecule has 3 amide bonds. The van der Waals surface area contributed by atoms with Crippen molar-refractivity contribution in [2.24, 2.45) is 5.92 Å². The number of amides is 3. The second-order valence-electron chi connectivity index (χ2n) is 7.78. The molecular weight excluding hydrogens is 334 g/mol. The number of piperazine rings is 1. The molecule has 2 heterocycles. The lowest BCUT2D eigenvalue weighted by Gasteiger charge is -2.51. The predicted molar refractivity (Wildman–Crippen MR) is 98.6 cm³/mol. The van der Waals surface area contributed by atoms with Crippen LogP contribution in [-0.4, -0.2) is 65.5 Å². The molecule has 0 aromatic heterocycles. The minimum atomic E-state index is -0.831. The number of likely N-dealkylation sites (tertiary alicyclic amines) is 1. The highest BCUT2D eigenvalue weighted by atomic mass is 16.6.